The number of aromatic nitrogens is 3. The molecular weight excluding hydrogens is 404 g/mol. The van der Waals surface area contributed by atoms with Crippen molar-refractivity contribution >= 4 is 44.6 Å². The van der Waals surface area contributed by atoms with Crippen LogP contribution in [-0.4, -0.2) is 20.4 Å². The van der Waals surface area contributed by atoms with Gasteiger partial charge in [-0.2, -0.15) is 0 Å². The standard InChI is InChI=1S/C25H20N4O3/c30-21(27-20-11-5-8-15-6-1-3-9-17(15)20)13-29-14-26-22-18-12-16-7-2-4-10-19(16)28-24(18)32-23(22)25(29)31/h1,3,5-6,8-9,11-12,14H,2,4,7,10,13H2,(H,27,30). The first kappa shape index (κ1) is 18.7. The van der Waals surface area contributed by atoms with Gasteiger partial charge in [0, 0.05) is 16.8 Å². The van der Waals surface area contributed by atoms with Crippen LogP contribution in [0, 0.1) is 0 Å². The third-order valence-electron chi connectivity index (χ3n) is 6.09. The summed E-state index contributed by atoms with van der Waals surface area (Å²) in [5.74, 6) is -0.311. The van der Waals surface area contributed by atoms with Gasteiger partial charge in [-0.15, -0.1) is 0 Å². The Morgan fingerprint density at radius 3 is 2.84 bits per heavy atom. The van der Waals surface area contributed by atoms with E-state index in [9.17, 15) is 9.59 Å². The van der Waals surface area contributed by atoms with Crippen molar-refractivity contribution < 1.29 is 9.21 Å². The van der Waals surface area contributed by atoms with Crippen LogP contribution in [-0.2, 0) is 24.2 Å². The molecule has 0 saturated carbocycles. The zero-order valence-corrected chi connectivity index (χ0v) is 17.3. The lowest BCUT2D eigenvalue weighted by Gasteiger charge is -2.13. The highest BCUT2D eigenvalue weighted by Crippen LogP contribution is 2.29. The number of anilines is 1. The number of carbonyl (C=O) groups is 1. The van der Waals surface area contributed by atoms with Crippen LogP contribution in [0.4, 0.5) is 5.69 Å². The summed E-state index contributed by atoms with van der Waals surface area (Å²) in [7, 11) is 0. The molecule has 2 aromatic carbocycles. The maximum atomic E-state index is 13.0. The molecule has 6 rings (SSSR count). The predicted octanol–water partition coefficient (Wildman–Crippen LogP) is 4.21. The van der Waals surface area contributed by atoms with Gasteiger partial charge in [0.15, 0.2) is 0 Å². The average molecular weight is 424 g/mol. The fourth-order valence-electron chi connectivity index (χ4n) is 4.50. The van der Waals surface area contributed by atoms with E-state index in [0.29, 0.717) is 16.9 Å². The molecule has 1 N–H and O–H groups in total. The minimum atomic E-state index is -0.390. The van der Waals surface area contributed by atoms with E-state index >= 15 is 0 Å². The van der Waals surface area contributed by atoms with Crippen molar-refractivity contribution in [3.05, 3.63) is 76.5 Å². The molecule has 0 aliphatic heterocycles. The fourth-order valence-corrected chi connectivity index (χ4v) is 4.50. The number of carbonyl (C=O) groups excluding carboxylic acids is 1. The lowest BCUT2D eigenvalue weighted by atomic mass is 9.95. The summed E-state index contributed by atoms with van der Waals surface area (Å²) in [6.45, 7) is -0.161. The van der Waals surface area contributed by atoms with E-state index in [4.69, 9.17) is 4.42 Å². The Hall–Kier alpha value is -4.00. The topological polar surface area (TPSA) is 90.0 Å². The van der Waals surface area contributed by atoms with E-state index in [2.05, 4.69) is 15.3 Å². The van der Waals surface area contributed by atoms with Gasteiger partial charge in [-0.25, -0.2) is 9.97 Å². The van der Waals surface area contributed by atoms with Crippen LogP contribution in [0.5, 0.6) is 0 Å². The van der Waals surface area contributed by atoms with Gasteiger partial charge in [-0.05, 0) is 48.8 Å². The number of aryl methyl sites for hydroxylation is 2. The van der Waals surface area contributed by atoms with E-state index in [1.54, 1.807) is 0 Å². The van der Waals surface area contributed by atoms with Gasteiger partial charge in [-0.1, -0.05) is 36.4 Å². The Morgan fingerprint density at radius 1 is 1.06 bits per heavy atom. The maximum Gasteiger partial charge on any atom is 0.297 e. The molecule has 158 valence electrons. The molecule has 0 bridgehead atoms. The highest BCUT2D eigenvalue weighted by atomic mass is 16.3. The molecule has 0 unspecified atom stereocenters. The summed E-state index contributed by atoms with van der Waals surface area (Å²) in [5, 5.41) is 5.63. The second kappa shape index (κ2) is 7.30. The van der Waals surface area contributed by atoms with Crippen molar-refractivity contribution in [3.63, 3.8) is 0 Å². The zero-order valence-electron chi connectivity index (χ0n) is 17.3. The first-order valence-electron chi connectivity index (χ1n) is 10.8. The van der Waals surface area contributed by atoms with E-state index < -0.39 is 0 Å². The SMILES string of the molecule is O=C(Cn1cnc2c(oc3nc4c(cc32)CCCC4)c1=O)Nc1cccc2ccccc12. The van der Waals surface area contributed by atoms with Crippen LogP contribution in [0.3, 0.4) is 0 Å². The van der Waals surface area contributed by atoms with Crippen LogP contribution in [0.15, 0.2) is 64.1 Å². The lowest BCUT2D eigenvalue weighted by molar-refractivity contribution is -0.116. The second-order valence-corrected chi connectivity index (χ2v) is 8.19. The summed E-state index contributed by atoms with van der Waals surface area (Å²) >= 11 is 0. The van der Waals surface area contributed by atoms with Crippen molar-refractivity contribution in [2.24, 2.45) is 0 Å². The zero-order chi connectivity index (χ0) is 21.7. The predicted molar refractivity (Wildman–Crippen MR) is 123 cm³/mol. The van der Waals surface area contributed by atoms with E-state index in [0.717, 1.165) is 47.5 Å². The molecule has 7 nitrogen and oxygen atoms in total. The van der Waals surface area contributed by atoms with Gasteiger partial charge in [-0.3, -0.25) is 14.2 Å². The molecule has 0 fully saturated rings. The summed E-state index contributed by atoms with van der Waals surface area (Å²) in [6.07, 6.45) is 5.57. The molecular formula is C25H20N4O3. The van der Waals surface area contributed by atoms with Crippen molar-refractivity contribution in [2.45, 2.75) is 32.2 Å². The second-order valence-electron chi connectivity index (χ2n) is 8.19. The number of nitrogens with zero attached hydrogens (tertiary/aromatic N) is 3. The van der Waals surface area contributed by atoms with Gasteiger partial charge >= 0.3 is 0 Å². The number of hydrogen-bond acceptors (Lipinski definition) is 5. The van der Waals surface area contributed by atoms with Crippen LogP contribution in [0.25, 0.3) is 33.0 Å². The average Bonchev–Trinajstić information content (AvgIpc) is 3.18. The Balaban J connectivity index is 1.34. The molecule has 1 aliphatic carbocycles. The molecule has 0 saturated heterocycles. The quantitative estimate of drug-likeness (QED) is 0.469. The summed E-state index contributed by atoms with van der Waals surface area (Å²) < 4.78 is 7.08. The molecule has 0 spiro atoms. The lowest BCUT2D eigenvalue weighted by Crippen LogP contribution is -2.27. The number of rotatable bonds is 3. The van der Waals surface area contributed by atoms with Crippen LogP contribution in [0.2, 0.25) is 0 Å². The molecule has 7 heteroatoms. The highest BCUT2D eigenvalue weighted by molar-refractivity contribution is 6.02. The summed E-state index contributed by atoms with van der Waals surface area (Å²) in [6, 6.07) is 15.6. The molecule has 1 aliphatic rings. The molecule has 3 aromatic heterocycles. The number of amides is 1. The maximum absolute atomic E-state index is 13.0. The van der Waals surface area contributed by atoms with Crippen molar-refractivity contribution in [1.29, 1.82) is 0 Å². The Morgan fingerprint density at radius 2 is 1.91 bits per heavy atom. The van der Waals surface area contributed by atoms with Gasteiger partial charge < -0.3 is 9.73 Å². The first-order valence-corrected chi connectivity index (χ1v) is 10.8. The van der Waals surface area contributed by atoms with Crippen LogP contribution < -0.4 is 10.9 Å². The number of pyridine rings is 1. The third-order valence-corrected chi connectivity index (χ3v) is 6.09. The molecule has 0 atom stereocenters. The monoisotopic (exact) mass is 424 g/mol. The van der Waals surface area contributed by atoms with Gasteiger partial charge in [0.2, 0.25) is 17.2 Å². The fraction of sp³-hybridized carbons (Fsp3) is 0.200. The Bertz CT molecular complexity index is 1580. The number of benzene rings is 2. The van der Waals surface area contributed by atoms with Gasteiger partial charge in [0.25, 0.3) is 5.56 Å². The third kappa shape index (κ3) is 3.05. The first-order chi connectivity index (χ1) is 15.7. The van der Waals surface area contributed by atoms with E-state index in [1.807, 2.05) is 48.5 Å². The smallest absolute Gasteiger partial charge is 0.297 e. The number of furan rings is 1. The van der Waals surface area contributed by atoms with Crippen molar-refractivity contribution in [3.8, 4) is 0 Å². The van der Waals surface area contributed by atoms with Gasteiger partial charge in [0.05, 0.1) is 11.7 Å². The molecule has 3 heterocycles. The molecule has 0 radical (unpaired) electrons. The minimum Gasteiger partial charge on any atom is -0.430 e. The largest absolute Gasteiger partial charge is 0.430 e. The van der Waals surface area contributed by atoms with E-state index in [-0.39, 0.29) is 23.6 Å². The highest BCUT2D eigenvalue weighted by Gasteiger charge is 2.19. The number of nitrogens with one attached hydrogen (secondary N) is 1. The minimum absolute atomic E-state index is 0.135. The number of fused-ring (bicyclic) bond motifs is 5. The van der Waals surface area contributed by atoms with Crippen molar-refractivity contribution in [2.75, 3.05) is 5.32 Å². The summed E-state index contributed by atoms with van der Waals surface area (Å²) in [4.78, 5) is 34.8. The molecule has 1 amide bonds. The summed E-state index contributed by atoms with van der Waals surface area (Å²) in [5.41, 5.74) is 3.62. The van der Waals surface area contributed by atoms with E-state index in [1.165, 1.54) is 16.5 Å². The van der Waals surface area contributed by atoms with Gasteiger partial charge in [0.1, 0.15) is 12.1 Å². The molecule has 32 heavy (non-hydrogen) atoms. The normalized spacial score (nSPS) is 13.5. The van der Waals surface area contributed by atoms with Crippen LogP contribution in [0.1, 0.15) is 24.1 Å². The Kier molecular flexibility index (Phi) is 4.28. The Labute approximate surface area is 182 Å². The molecule has 5 aromatic rings. The number of hydrogen-bond donors (Lipinski definition) is 1. The van der Waals surface area contributed by atoms with Crippen LogP contribution >= 0.6 is 0 Å². The van der Waals surface area contributed by atoms with Crippen molar-refractivity contribution in [1.82, 2.24) is 14.5 Å².